The zero-order valence-electron chi connectivity index (χ0n) is 15.1. The highest BCUT2D eigenvalue weighted by atomic mass is 16.6. The molecular weight excluding hydrogens is 344 g/mol. The summed E-state index contributed by atoms with van der Waals surface area (Å²) in [6, 6.07) is 6.96. The van der Waals surface area contributed by atoms with Crippen LogP contribution in [-0.4, -0.2) is 34.1 Å². The van der Waals surface area contributed by atoms with Crippen molar-refractivity contribution < 1.29 is 19.1 Å². The van der Waals surface area contributed by atoms with E-state index in [0.29, 0.717) is 35.1 Å². The van der Waals surface area contributed by atoms with E-state index in [9.17, 15) is 9.59 Å². The molecule has 2 bridgehead atoms. The second-order valence-electron chi connectivity index (χ2n) is 8.08. The van der Waals surface area contributed by atoms with Gasteiger partial charge in [-0.15, -0.1) is 0 Å². The SMILES string of the molecule is O=C(OC1C2CC(C3CCCCC32)C1OC(=O)c1ccc[nH]1)c1ccc[nH]1. The van der Waals surface area contributed by atoms with Gasteiger partial charge in [0.2, 0.25) is 0 Å². The van der Waals surface area contributed by atoms with Gasteiger partial charge in [0.25, 0.3) is 0 Å². The van der Waals surface area contributed by atoms with Crippen LogP contribution in [0.15, 0.2) is 36.7 Å². The number of aromatic nitrogens is 2. The number of aromatic amines is 2. The van der Waals surface area contributed by atoms with Crippen LogP contribution in [-0.2, 0) is 9.47 Å². The minimum atomic E-state index is -0.370. The van der Waals surface area contributed by atoms with Gasteiger partial charge in [-0.2, -0.15) is 0 Å². The highest BCUT2D eigenvalue weighted by Gasteiger charge is 2.61. The van der Waals surface area contributed by atoms with Crippen LogP contribution in [0.2, 0.25) is 0 Å². The predicted octanol–water partition coefficient (Wildman–Crippen LogP) is 3.55. The van der Waals surface area contributed by atoms with Crippen molar-refractivity contribution in [3.63, 3.8) is 0 Å². The van der Waals surface area contributed by atoms with Crippen LogP contribution in [0.4, 0.5) is 0 Å². The molecule has 0 spiro atoms. The Kier molecular flexibility index (Phi) is 4.06. The van der Waals surface area contributed by atoms with Gasteiger partial charge >= 0.3 is 11.9 Å². The molecule has 0 aliphatic heterocycles. The third-order valence-corrected chi connectivity index (χ3v) is 6.81. The van der Waals surface area contributed by atoms with E-state index < -0.39 is 0 Å². The lowest BCUT2D eigenvalue weighted by atomic mass is 9.69. The Balaban J connectivity index is 1.39. The Labute approximate surface area is 157 Å². The average molecular weight is 368 g/mol. The topological polar surface area (TPSA) is 84.2 Å². The summed E-state index contributed by atoms with van der Waals surface area (Å²) in [6.45, 7) is 0. The molecule has 0 radical (unpaired) electrons. The Morgan fingerprint density at radius 2 is 1.26 bits per heavy atom. The quantitative estimate of drug-likeness (QED) is 0.809. The van der Waals surface area contributed by atoms with E-state index in [1.165, 1.54) is 25.7 Å². The number of carbonyl (C=O) groups is 2. The first-order chi connectivity index (χ1) is 13.2. The first kappa shape index (κ1) is 16.7. The molecule has 5 rings (SSSR count). The molecular formula is C21H24N2O4. The number of esters is 2. The average Bonchev–Trinajstić information content (AvgIpc) is 3.46. The van der Waals surface area contributed by atoms with Gasteiger partial charge < -0.3 is 19.4 Å². The molecule has 6 unspecified atom stereocenters. The Morgan fingerprint density at radius 3 is 1.67 bits per heavy atom. The van der Waals surface area contributed by atoms with Crippen LogP contribution in [0, 0.1) is 23.7 Å². The molecule has 0 saturated heterocycles. The van der Waals surface area contributed by atoms with Crippen molar-refractivity contribution in [3.8, 4) is 0 Å². The van der Waals surface area contributed by atoms with Crippen LogP contribution in [0.5, 0.6) is 0 Å². The molecule has 0 amide bonds. The zero-order valence-corrected chi connectivity index (χ0v) is 15.1. The van der Waals surface area contributed by atoms with Gasteiger partial charge in [-0.25, -0.2) is 9.59 Å². The standard InChI is InChI=1S/C21H24N2O4/c24-20(16-7-3-9-22-16)26-18-14-11-15(13-6-2-1-5-12(13)14)19(18)27-21(25)17-8-4-10-23-17/h3-4,7-10,12-15,18-19,22-23H,1-2,5-6,11H2. The summed E-state index contributed by atoms with van der Waals surface area (Å²) in [5.74, 6) is 1.02. The van der Waals surface area contributed by atoms with Crippen molar-refractivity contribution in [2.24, 2.45) is 23.7 Å². The summed E-state index contributed by atoms with van der Waals surface area (Å²) in [5, 5.41) is 0. The molecule has 6 atom stereocenters. The fraction of sp³-hybridized carbons (Fsp3) is 0.524. The molecule has 3 saturated carbocycles. The maximum atomic E-state index is 12.6. The Hall–Kier alpha value is -2.50. The molecule has 3 aliphatic rings. The molecule has 27 heavy (non-hydrogen) atoms. The van der Waals surface area contributed by atoms with Gasteiger partial charge in [-0.3, -0.25) is 0 Å². The van der Waals surface area contributed by atoms with Gasteiger partial charge in [-0.1, -0.05) is 12.8 Å². The first-order valence-electron chi connectivity index (χ1n) is 9.91. The first-order valence-corrected chi connectivity index (χ1v) is 9.91. The molecule has 6 heteroatoms. The van der Waals surface area contributed by atoms with Crippen molar-refractivity contribution in [1.29, 1.82) is 0 Å². The van der Waals surface area contributed by atoms with Crippen molar-refractivity contribution in [2.75, 3.05) is 0 Å². The molecule has 2 aromatic heterocycles. The fourth-order valence-electron chi connectivity index (χ4n) is 5.76. The number of carbonyl (C=O) groups excluding carboxylic acids is 2. The third kappa shape index (κ3) is 2.78. The van der Waals surface area contributed by atoms with Crippen molar-refractivity contribution in [3.05, 3.63) is 48.0 Å². The smallest absolute Gasteiger partial charge is 0.355 e. The van der Waals surface area contributed by atoms with E-state index in [0.717, 1.165) is 6.42 Å². The van der Waals surface area contributed by atoms with Crippen LogP contribution >= 0.6 is 0 Å². The maximum Gasteiger partial charge on any atom is 0.355 e. The van der Waals surface area contributed by atoms with E-state index >= 15 is 0 Å². The highest BCUT2D eigenvalue weighted by molar-refractivity contribution is 5.88. The van der Waals surface area contributed by atoms with Crippen molar-refractivity contribution in [1.82, 2.24) is 9.97 Å². The van der Waals surface area contributed by atoms with E-state index in [1.807, 2.05) is 0 Å². The lowest BCUT2D eigenvalue weighted by molar-refractivity contribution is -0.0875. The number of hydrogen-bond donors (Lipinski definition) is 2. The molecule has 2 aromatic rings. The summed E-state index contributed by atoms with van der Waals surface area (Å²) in [5.41, 5.74) is 0.875. The summed E-state index contributed by atoms with van der Waals surface area (Å²) in [4.78, 5) is 30.9. The predicted molar refractivity (Wildman–Crippen MR) is 97.0 cm³/mol. The van der Waals surface area contributed by atoms with Crippen LogP contribution in [0.3, 0.4) is 0 Å². The number of ether oxygens (including phenoxy) is 2. The molecule has 3 aliphatic carbocycles. The molecule has 6 nitrogen and oxygen atoms in total. The summed E-state index contributed by atoms with van der Waals surface area (Å²) >= 11 is 0. The maximum absolute atomic E-state index is 12.6. The minimum Gasteiger partial charge on any atom is -0.453 e. The molecule has 3 fully saturated rings. The second kappa shape index (κ2) is 6.59. The van der Waals surface area contributed by atoms with E-state index in [2.05, 4.69) is 9.97 Å². The minimum absolute atomic E-state index is 0.292. The van der Waals surface area contributed by atoms with Crippen molar-refractivity contribution >= 4 is 11.9 Å². The Morgan fingerprint density at radius 1 is 0.778 bits per heavy atom. The summed E-state index contributed by atoms with van der Waals surface area (Å²) < 4.78 is 11.8. The molecule has 2 heterocycles. The fourth-order valence-corrected chi connectivity index (χ4v) is 5.76. The molecule has 142 valence electrons. The number of H-pyrrole nitrogens is 2. The van der Waals surface area contributed by atoms with E-state index in [4.69, 9.17) is 9.47 Å². The third-order valence-electron chi connectivity index (χ3n) is 6.81. The van der Waals surface area contributed by atoms with Gasteiger partial charge in [0.15, 0.2) is 0 Å². The van der Waals surface area contributed by atoms with Gasteiger partial charge in [0.05, 0.1) is 0 Å². The number of rotatable bonds is 4. The number of hydrogen-bond acceptors (Lipinski definition) is 4. The number of nitrogens with one attached hydrogen (secondary N) is 2. The van der Waals surface area contributed by atoms with Crippen LogP contribution in [0.1, 0.15) is 53.1 Å². The van der Waals surface area contributed by atoms with Crippen molar-refractivity contribution in [2.45, 2.75) is 44.3 Å². The lowest BCUT2D eigenvalue weighted by Gasteiger charge is -2.42. The van der Waals surface area contributed by atoms with E-state index in [-0.39, 0.29) is 24.1 Å². The zero-order chi connectivity index (χ0) is 18.4. The number of fused-ring (bicyclic) bond motifs is 5. The highest BCUT2D eigenvalue weighted by Crippen LogP contribution is 2.59. The van der Waals surface area contributed by atoms with Crippen LogP contribution < -0.4 is 0 Å². The van der Waals surface area contributed by atoms with Crippen LogP contribution in [0.25, 0.3) is 0 Å². The van der Waals surface area contributed by atoms with Gasteiger partial charge in [-0.05, 0) is 55.4 Å². The van der Waals surface area contributed by atoms with Gasteiger partial charge in [0, 0.05) is 24.2 Å². The second-order valence-corrected chi connectivity index (χ2v) is 8.08. The summed E-state index contributed by atoms with van der Waals surface area (Å²) in [6.07, 6.45) is 8.56. The van der Waals surface area contributed by atoms with E-state index in [1.54, 1.807) is 36.7 Å². The molecule has 0 aromatic carbocycles. The van der Waals surface area contributed by atoms with Gasteiger partial charge in [0.1, 0.15) is 23.6 Å². The summed E-state index contributed by atoms with van der Waals surface area (Å²) in [7, 11) is 0. The Bertz CT molecular complexity index is 745. The lowest BCUT2D eigenvalue weighted by Crippen LogP contribution is -2.47. The largest absolute Gasteiger partial charge is 0.453 e. The molecule has 2 N–H and O–H groups in total. The monoisotopic (exact) mass is 368 g/mol. The normalized spacial score (nSPS) is 34.2.